The van der Waals surface area contributed by atoms with E-state index in [2.05, 4.69) is 22.5 Å². The van der Waals surface area contributed by atoms with E-state index in [4.69, 9.17) is 0 Å². The van der Waals surface area contributed by atoms with Crippen LogP contribution in [0, 0.1) is 13.8 Å². The largest absolute Gasteiger partial charge is 0.277 e. The molecule has 0 fully saturated rings. The molecule has 0 saturated heterocycles. The van der Waals surface area contributed by atoms with Crippen molar-refractivity contribution in [2.45, 2.75) is 13.8 Å². The zero-order valence-corrected chi connectivity index (χ0v) is 13.0. The van der Waals surface area contributed by atoms with Crippen LogP contribution in [-0.2, 0) is 0 Å². The van der Waals surface area contributed by atoms with Crippen LogP contribution in [0.25, 0.3) is 5.70 Å². The Morgan fingerprint density at radius 3 is 2.15 bits per heavy atom. The van der Waals surface area contributed by atoms with Crippen LogP contribution in [0.1, 0.15) is 27.0 Å². The standard InChI is InChI=1S/C17H14BrNO/c1-10-8-13(9-11(2)16(10)18)19-12(3)14-6-4-5-7-15(14)17(19)20/h4-9H,3H2,1-2H3. The van der Waals surface area contributed by atoms with Gasteiger partial charge in [0, 0.05) is 21.3 Å². The molecule has 0 atom stereocenters. The molecule has 0 aromatic heterocycles. The minimum Gasteiger partial charge on any atom is -0.277 e. The maximum atomic E-state index is 12.6. The van der Waals surface area contributed by atoms with Gasteiger partial charge in [0.05, 0.1) is 5.70 Å². The van der Waals surface area contributed by atoms with Crippen molar-refractivity contribution in [1.82, 2.24) is 0 Å². The highest BCUT2D eigenvalue weighted by Gasteiger charge is 2.32. The van der Waals surface area contributed by atoms with E-state index in [0.717, 1.165) is 38.1 Å². The molecule has 20 heavy (non-hydrogen) atoms. The molecule has 0 unspecified atom stereocenters. The van der Waals surface area contributed by atoms with Crippen LogP contribution in [0.4, 0.5) is 5.69 Å². The van der Waals surface area contributed by atoms with Crippen molar-refractivity contribution >= 4 is 33.2 Å². The predicted molar refractivity (Wildman–Crippen MR) is 85.9 cm³/mol. The van der Waals surface area contributed by atoms with Crippen LogP contribution in [0.15, 0.2) is 47.4 Å². The van der Waals surface area contributed by atoms with Crippen LogP contribution in [-0.4, -0.2) is 5.91 Å². The van der Waals surface area contributed by atoms with Gasteiger partial charge in [-0.05, 0) is 43.2 Å². The molecule has 0 radical (unpaired) electrons. The Kier molecular flexibility index (Phi) is 3.02. The first-order valence-electron chi connectivity index (χ1n) is 6.40. The molecule has 3 rings (SSSR count). The normalized spacial score (nSPS) is 13.8. The number of carbonyl (C=O) groups is 1. The van der Waals surface area contributed by atoms with Gasteiger partial charge in [0.15, 0.2) is 0 Å². The molecule has 2 aromatic carbocycles. The Balaban J connectivity index is 2.14. The van der Waals surface area contributed by atoms with E-state index < -0.39 is 0 Å². The maximum Gasteiger partial charge on any atom is 0.263 e. The quantitative estimate of drug-likeness (QED) is 0.743. The van der Waals surface area contributed by atoms with Crippen molar-refractivity contribution in [3.05, 3.63) is 69.7 Å². The average Bonchev–Trinajstić information content (AvgIpc) is 2.68. The first kappa shape index (κ1) is 13.1. The number of anilines is 1. The third-order valence-corrected chi connectivity index (χ3v) is 4.87. The van der Waals surface area contributed by atoms with Gasteiger partial charge in [0.25, 0.3) is 5.91 Å². The molecule has 0 spiro atoms. The number of carbonyl (C=O) groups excluding carboxylic acids is 1. The Hall–Kier alpha value is -1.87. The lowest BCUT2D eigenvalue weighted by Gasteiger charge is -2.19. The first-order valence-corrected chi connectivity index (χ1v) is 7.19. The zero-order chi connectivity index (χ0) is 14.4. The minimum atomic E-state index is -0.00766. The lowest BCUT2D eigenvalue weighted by molar-refractivity contribution is 0.101. The number of nitrogens with zero attached hydrogens (tertiary/aromatic N) is 1. The van der Waals surface area contributed by atoms with Gasteiger partial charge in [-0.15, -0.1) is 0 Å². The fraction of sp³-hybridized carbons (Fsp3) is 0.118. The summed E-state index contributed by atoms with van der Waals surface area (Å²) in [6, 6.07) is 11.6. The number of amides is 1. The lowest BCUT2D eigenvalue weighted by atomic mass is 10.1. The highest BCUT2D eigenvalue weighted by atomic mass is 79.9. The average molecular weight is 328 g/mol. The Morgan fingerprint density at radius 1 is 1.05 bits per heavy atom. The predicted octanol–water partition coefficient (Wildman–Crippen LogP) is 4.70. The topological polar surface area (TPSA) is 20.3 Å². The van der Waals surface area contributed by atoms with E-state index in [1.807, 2.05) is 50.2 Å². The van der Waals surface area contributed by atoms with Gasteiger partial charge in [0.1, 0.15) is 0 Å². The number of hydrogen-bond acceptors (Lipinski definition) is 1. The summed E-state index contributed by atoms with van der Waals surface area (Å²) in [4.78, 5) is 14.3. The fourth-order valence-electron chi connectivity index (χ4n) is 2.61. The van der Waals surface area contributed by atoms with Gasteiger partial charge in [-0.25, -0.2) is 0 Å². The van der Waals surface area contributed by atoms with E-state index in [9.17, 15) is 4.79 Å². The van der Waals surface area contributed by atoms with Crippen molar-refractivity contribution in [3.63, 3.8) is 0 Å². The lowest BCUT2D eigenvalue weighted by Crippen LogP contribution is -2.22. The van der Waals surface area contributed by atoms with Crippen LogP contribution in [0.3, 0.4) is 0 Å². The number of hydrogen-bond donors (Lipinski definition) is 0. The molecular weight excluding hydrogens is 314 g/mol. The number of halogens is 1. The molecular formula is C17H14BrNO. The van der Waals surface area contributed by atoms with E-state index in [0.29, 0.717) is 0 Å². The summed E-state index contributed by atoms with van der Waals surface area (Å²) in [5.74, 6) is -0.00766. The second-order valence-electron chi connectivity index (χ2n) is 5.03. The molecule has 0 N–H and O–H groups in total. The van der Waals surface area contributed by atoms with Crippen molar-refractivity contribution in [1.29, 1.82) is 0 Å². The third kappa shape index (κ3) is 1.81. The Morgan fingerprint density at radius 2 is 1.60 bits per heavy atom. The molecule has 1 aliphatic heterocycles. The highest BCUT2D eigenvalue weighted by Crippen LogP contribution is 2.37. The molecule has 0 saturated carbocycles. The van der Waals surface area contributed by atoms with Gasteiger partial charge < -0.3 is 0 Å². The summed E-state index contributed by atoms with van der Waals surface area (Å²) in [7, 11) is 0. The number of benzene rings is 2. The molecule has 3 heteroatoms. The van der Waals surface area contributed by atoms with Gasteiger partial charge in [-0.2, -0.15) is 0 Å². The van der Waals surface area contributed by atoms with Crippen molar-refractivity contribution < 1.29 is 4.79 Å². The molecule has 100 valence electrons. The molecule has 1 heterocycles. The van der Waals surface area contributed by atoms with Crippen molar-refractivity contribution in [2.24, 2.45) is 0 Å². The molecule has 1 amide bonds. The van der Waals surface area contributed by atoms with E-state index in [1.54, 1.807) is 4.90 Å². The SMILES string of the molecule is C=C1c2ccccc2C(=O)N1c1cc(C)c(Br)c(C)c1. The maximum absolute atomic E-state index is 12.6. The van der Waals surface area contributed by atoms with Crippen LogP contribution in [0.5, 0.6) is 0 Å². The van der Waals surface area contributed by atoms with Crippen LogP contribution in [0.2, 0.25) is 0 Å². The van der Waals surface area contributed by atoms with Crippen LogP contribution < -0.4 is 4.90 Å². The molecule has 0 aliphatic carbocycles. The fourth-order valence-corrected chi connectivity index (χ4v) is 2.84. The summed E-state index contributed by atoms with van der Waals surface area (Å²) in [5, 5.41) is 0. The monoisotopic (exact) mass is 327 g/mol. The Labute approximate surface area is 126 Å². The van der Waals surface area contributed by atoms with E-state index in [-0.39, 0.29) is 5.91 Å². The van der Waals surface area contributed by atoms with Gasteiger partial charge in [-0.3, -0.25) is 9.69 Å². The minimum absolute atomic E-state index is 0.00766. The van der Waals surface area contributed by atoms with Gasteiger partial charge in [0.2, 0.25) is 0 Å². The summed E-state index contributed by atoms with van der Waals surface area (Å²) < 4.78 is 1.08. The summed E-state index contributed by atoms with van der Waals surface area (Å²) in [6.45, 7) is 8.13. The first-order chi connectivity index (χ1) is 9.50. The zero-order valence-electron chi connectivity index (χ0n) is 11.4. The number of aryl methyl sites for hydroxylation is 2. The summed E-state index contributed by atoms with van der Waals surface area (Å²) in [6.07, 6.45) is 0. The molecule has 2 aromatic rings. The summed E-state index contributed by atoms with van der Waals surface area (Å²) in [5.41, 5.74) is 5.46. The Bertz CT molecular complexity index is 690. The van der Waals surface area contributed by atoms with Crippen molar-refractivity contribution in [2.75, 3.05) is 4.90 Å². The second kappa shape index (κ2) is 4.60. The number of rotatable bonds is 1. The molecule has 2 nitrogen and oxygen atoms in total. The van der Waals surface area contributed by atoms with Crippen molar-refractivity contribution in [3.8, 4) is 0 Å². The van der Waals surface area contributed by atoms with Crippen LogP contribution >= 0.6 is 15.9 Å². The van der Waals surface area contributed by atoms with Gasteiger partial charge in [-0.1, -0.05) is 40.7 Å². The number of fused-ring (bicyclic) bond motifs is 1. The summed E-state index contributed by atoms with van der Waals surface area (Å²) >= 11 is 3.55. The third-order valence-electron chi connectivity index (χ3n) is 3.62. The second-order valence-corrected chi connectivity index (χ2v) is 5.82. The van der Waals surface area contributed by atoms with E-state index in [1.165, 1.54) is 0 Å². The molecule has 0 bridgehead atoms. The highest BCUT2D eigenvalue weighted by molar-refractivity contribution is 9.10. The smallest absolute Gasteiger partial charge is 0.263 e. The van der Waals surface area contributed by atoms with E-state index >= 15 is 0 Å². The molecule has 1 aliphatic rings. The van der Waals surface area contributed by atoms with Gasteiger partial charge >= 0.3 is 0 Å².